The van der Waals surface area contributed by atoms with Gasteiger partial charge in [0.25, 0.3) is 0 Å². The van der Waals surface area contributed by atoms with E-state index in [0.29, 0.717) is 6.04 Å². The quantitative estimate of drug-likeness (QED) is 0.823. The van der Waals surface area contributed by atoms with Crippen LogP contribution in [0.15, 0.2) is 0 Å². The number of hydrogen-bond acceptors (Lipinski definition) is 3. The maximum absolute atomic E-state index is 4.28. The summed E-state index contributed by atoms with van der Waals surface area (Å²) in [5, 5.41) is 11.6. The molecule has 0 amide bonds. The van der Waals surface area contributed by atoms with Crippen molar-refractivity contribution >= 4 is 0 Å². The molecule has 0 bridgehead atoms. The molecule has 4 nitrogen and oxygen atoms in total. The summed E-state index contributed by atoms with van der Waals surface area (Å²) < 4.78 is 2.13. The van der Waals surface area contributed by atoms with Gasteiger partial charge >= 0.3 is 0 Å². The fraction of sp³-hybridized carbons (Fsp3) is 0.818. The Kier molecular flexibility index (Phi) is 3.36. The first-order valence-electron chi connectivity index (χ1n) is 5.88. The van der Waals surface area contributed by atoms with Crippen LogP contribution in [0.1, 0.15) is 49.5 Å². The van der Waals surface area contributed by atoms with Crippen LogP contribution >= 0.6 is 0 Å². The summed E-state index contributed by atoms with van der Waals surface area (Å²) in [6.45, 7) is 2.94. The third kappa shape index (κ3) is 2.20. The van der Waals surface area contributed by atoms with Crippen LogP contribution in [0.4, 0.5) is 0 Å². The molecule has 0 atom stereocenters. The molecule has 84 valence electrons. The Hall–Kier alpha value is -0.900. The highest BCUT2D eigenvalue weighted by Gasteiger charge is 2.19. The number of nitrogens with zero attached hydrogens (tertiary/aromatic N) is 3. The lowest BCUT2D eigenvalue weighted by atomic mass is 9.95. The Balaban J connectivity index is 2.13. The molecule has 1 aromatic heterocycles. The monoisotopic (exact) mass is 208 g/mol. The molecule has 1 aromatic rings. The van der Waals surface area contributed by atoms with E-state index in [1.165, 1.54) is 37.8 Å². The van der Waals surface area contributed by atoms with Gasteiger partial charge in [-0.05, 0) is 26.8 Å². The second kappa shape index (κ2) is 4.75. The summed E-state index contributed by atoms with van der Waals surface area (Å²) in [4.78, 5) is 0. The Morgan fingerprint density at radius 3 is 2.73 bits per heavy atom. The van der Waals surface area contributed by atoms with Gasteiger partial charge in [0.2, 0.25) is 0 Å². The molecule has 0 saturated heterocycles. The van der Waals surface area contributed by atoms with E-state index in [1.54, 1.807) is 0 Å². The average Bonchev–Trinajstić information content (AvgIpc) is 2.63. The molecule has 1 N–H and O–H groups in total. The smallest absolute Gasteiger partial charge is 0.0993 e. The zero-order valence-corrected chi connectivity index (χ0v) is 9.66. The predicted molar refractivity (Wildman–Crippen MR) is 59.6 cm³/mol. The third-order valence-electron chi connectivity index (χ3n) is 3.29. The molecule has 0 spiro atoms. The van der Waals surface area contributed by atoms with Crippen LogP contribution in [0.2, 0.25) is 0 Å². The molecule has 0 aliphatic heterocycles. The molecule has 1 aliphatic rings. The molecule has 1 aliphatic carbocycles. The van der Waals surface area contributed by atoms with E-state index in [-0.39, 0.29) is 0 Å². The Bertz CT molecular complexity index is 312. The van der Waals surface area contributed by atoms with Crippen LogP contribution in [-0.2, 0) is 6.54 Å². The fourth-order valence-corrected chi connectivity index (χ4v) is 2.38. The highest BCUT2D eigenvalue weighted by atomic mass is 15.4. The Morgan fingerprint density at radius 1 is 1.33 bits per heavy atom. The average molecular weight is 208 g/mol. The van der Waals surface area contributed by atoms with Crippen LogP contribution in [0.5, 0.6) is 0 Å². The predicted octanol–water partition coefficient (Wildman–Crippen LogP) is 1.81. The van der Waals surface area contributed by atoms with Gasteiger partial charge in [-0.2, -0.15) is 0 Å². The van der Waals surface area contributed by atoms with Crippen molar-refractivity contribution in [3.63, 3.8) is 0 Å². The van der Waals surface area contributed by atoms with Crippen molar-refractivity contribution in [2.75, 3.05) is 7.05 Å². The first-order valence-corrected chi connectivity index (χ1v) is 5.88. The van der Waals surface area contributed by atoms with Gasteiger partial charge in [-0.3, -0.25) is 0 Å². The minimum Gasteiger partial charge on any atom is -0.314 e. The summed E-state index contributed by atoms with van der Waals surface area (Å²) in [5.74, 6) is 0. The molecule has 0 radical (unpaired) electrons. The second-order valence-electron chi connectivity index (χ2n) is 4.39. The first-order chi connectivity index (χ1) is 7.33. The lowest BCUT2D eigenvalue weighted by Gasteiger charge is -2.22. The number of hydrogen-bond donors (Lipinski definition) is 1. The van der Waals surface area contributed by atoms with E-state index >= 15 is 0 Å². The van der Waals surface area contributed by atoms with Gasteiger partial charge in [-0.25, -0.2) is 4.68 Å². The van der Waals surface area contributed by atoms with E-state index in [1.807, 2.05) is 7.05 Å². The maximum Gasteiger partial charge on any atom is 0.0993 e. The summed E-state index contributed by atoms with van der Waals surface area (Å²) in [6, 6.07) is 0.594. The van der Waals surface area contributed by atoms with Gasteiger partial charge in [-0.15, -0.1) is 5.10 Å². The van der Waals surface area contributed by atoms with Crippen LogP contribution in [-0.4, -0.2) is 22.0 Å². The van der Waals surface area contributed by atoms with Crippen molar-refractivity contribution in [1.29, 1.82) is 0 Å². The minimum absolute atomic E-state index is 0.594. The molecule has 0 unspecified atom stereocenters. The van der Waals surface area contributed by atoms with Gasteiger partial charge in [0, 0.05) is 6.54 Å². The highest BCUT2D eigenvalue weighted by Crippen LogP contribution is 2.28. The van der Waals surface area contributed by atoms with Gasteiger partial charge in [0.15, 0.2) is 0 Å². The summed E-state index contributed by atoms with van der Waals surface area (Å²) in [6.07, 6.45) is 6.59. The fourth-order valence-electron chi connectivity index (χ4n) is 2.38. The van der Waals surface area contributed by atoms with E-state index in [2.05, 4.69) is 27.2 Å². The Labute approximate surface area is 91.1 Å². The van der Waals surface area contributed by atoms with Crippen molar-refractivity contribution in [3.8, 4) is 0 Å². The molecule has 4 heteroatoms. The largest absolute Gasteiger partial charge is 0.314 e. The lowest BCUT2D eigenvalue weighted by molar-refractivity contribution is 0.319. The van der Waals surface area contributed by atoms with Gasteiger partial charge in [-0.1, -0.05) is 24.5 Å². The molecule has 1 fully saturated rings. The zero-order chi connectivity index (χ0) is 10.7. The molecule has 1 heterocycles. The number of nitrogens with one attached hydrogen (secondary N) is 1. The van der Waals surface area contributed by atoms with Crippen LogP contribution < -0.4 is 5.32 Å². The number of aromatic nitrogens is 3. The first kappa shape index (κ1) is 10.6. The molecule has 1 saturated carbocycles. The molecule has 0 aromatic carbocycles. The van der Waals surface area contributed by atoms with Crippen molar-refractivity contribution in [2.24, 2.45) is 0 Å². The molecular formula is C11H20N4. The van der Waals surface area contributed by atoms with Crippen LogP contribution in [0, 0.1) is 6.92 Å². The van der Waals surface area contributed by atoms with Gasteiger partial charge < -0.3 is 5.32 Å². The highest BCUT2D eigenvalue weighted by molar-refractivity contribution is 5.08. The van der Waals surface area contributed by atoms with Crippen molar-refractivity contribution < 1.29 is 0 Å². The molecule has 15 heavy (non-hydrogen) atoms. The van der Waals surface area contributed by atoms with Crippen molar-refractivity contribution in [2.45, 2.75) is 51.6 Å². The normalized spacial score (nSPS) is 18.3. The summed E-state index contributed by atoms with van der Waals surface area (Å²) in [7, 11) is 1.94. The van der Waals surface area contributed by atoms with E-state index in [9.17, 15) is 0 Å². The molecule has 2 rings (SSSR count). The van der Waals surface area contributed by atoms with Gasteiger partial charge in [0.05, 0.1) is 17.4 Å². The molecular weight excluding hydrogens is 188 g/mol. The zero-order valence-electron chi connectivity index (χ0n) is 9.66. The van der Waals surface area contributed by atoms with Gasteiger partial charge in [0.1, 0.15) is 0 Å². The SMILES string of the molecule is CNCc1nnn(C2CCCCC2)c1C. The van der Waals surface area contributed by atoms with Crippen molar-refractivity contribution in [1.82, 2.24) is 20.3 Å². The second-order valence-corrected chi connectivity index (χ2v) is 4.39. The summed E-state index contributed by atoms with van der Waals surface area (Å²) in [5.41, 5.74) is 2.32. The van der Waals surface area contributed by atoms with E-state index in [0.717, 1.165) is 12.2 Å². The van der Waals surface area contributed by atoms with Crippen molar-refractivity contribution in [3.05, 3.63) is 11.4 Å². The summed E-state index contributed by atoms with van der Waals surface area (Å²) >= 11 is 0. The topological polar surface area (TPSA) is 42.7 Å². The third-order valence-corrected chi connectivity index (χ3v) is 3.29. The van der Waals surface area contributed by atoms with E-state index < -0.39 is 0 Å². The van der Waals surface area contributed by atoms with E-state index in [4.69, 9.17) is 0 Å². The Morgan fingerprint density at radius 2 is 2.07 bits per heavy atom. The van der Waals surface area contributed by atoms with Crippen LogP contribution in [0.3, 0.4) is 0 Å². The lowest BCUT2D eigenvalue weighted by Crippen LogP contribution is -2.16. The number of rotatable bonds is 3. The standard InChI is InChI=1S/C11H20N4/c1-9-11(8-12-2)13-14-15(9)10-6-4-3-5-7-10/h10,12H,3-8H2,1-2H3. The van der Waals surface area contributed by atoms with Crippen LogP contribution in [0.25, 0.3) is 0 Å². The minimum atomic E-state index is 0.594. The maximum atomic E-state index is 4.28.